The fraction of sp³-hybridized carbons (Fsp3) is 0.0870. The second kappa shape index (κ2) is 6.60. The van der Waals surface area contributed by atoms with E-state index in [1.165, 1.54) is 0 Å². The molecule has 0 saturated heterocycles. The lowest BCUT2D eigenvalue weighted by Gasteiger charge is -2.04. The van der Waals surface area contributed by atoms with Crippen molar-refractivity contribution >= 4 is 21.9 Å². The normalized spacial score (nSPS) is 11.5. The van der Waals surface area contributed by atoms with Crippen molar-refractivity contribution in [2.45, 2.75) is 6.92 Å². The van der Waals surface area contributed by atoms with Crippen LogP contribution in [0.1, 0.15) is 5.82 Å². The maximum Gasteiger partial charge on any atom is 0.181 e. The molecule has 6 aromatic heterocycles. The third-order valence-corrected chi connectivity index (χ3v) is 5.70. The third kappa shape index (κ3) is 2.72. The van der Waals surface area contributed by atoms with Crippen molar-refractivity contribution in [3.63, 3.8) is 0 Å². The summed E-state index contributed by atoms with van der Waals surface area (Å²) in [7, 11) is 2.00. The van der Waals surface area contributed by atoms with Crippen LogP contribution < -0.4 is 0 Å². The van der Waals surface area contributed by atoms with Crippen LogP contribution in [-0.2, 0) is 7.05 Å². The number of pyridine rings is 3. The van der Waals surface area contributed by atoms with Gasteiger partial charge in [-0.15, -0.1) is 0 Å². The molecule has 0 amide bonds. The van der Waals surface area contributed by atoms with Crippen LogP contribution in [0, 0.1) is 6.92 Å². The van der Waals surface area contributed by atoms with E-state index < -0.39 is 0 Å². The fourth-order valence-corrected chi connectivity index (χ4v) is 3.94. The number of rotatable bonds is 3. The molecule has 0 spiro atoms. The predicted molar refractivity (Wildman–Crippen MR) is 119 cm³/mol. The Bertz CT molecular complexity index is 1560. The van der Waals surface area contributed by atoms with Crippen LogP contribution in [0.3, 0.4) is 0 Å². The van der Waals surface area contributed by atoms with Crippen molar-refractivity contribution in [1.82, 2.24) is 39.7 Å². The van der Waals surface area contributed by atoms with E-state index in [1.54, 1.807) is 12.4 Å². The molecule has 6 heterocycles. The largest absolute Gasteiger partial charge is 0.353 e. The van der Waals surface area contributed by atoms with E-state index in [1.807, 2.05) is 50.8 Å². The highest BCUT2D eigenvalue weighted by Crippen LogP contribution is 2.33. The zero-order chi connectivity index (χ0) is 20.9. The lowest BCUT2D eigenvalue weighted by molar-refractivity contribution is 0.865. The molecule has 8 heteroatoms. The number of aromatic amines is 2. The number of hydrogen-bond donors (Lipinski definition) is 2. The van der Waals surface area contributed by atoms with E-state index in [2.05, 4.69) is 51.8 Å². The summed E-state index contributed by atoms with van der Waals surface area (Å²) in [6.07, 6.45) is 9.07. The Balaban J connectivity index is 1.52. The zero-order valence-electron chi connectivity index (χ0n) is 17.0. The Morgan fingerprint density at radius 3 is 2.55 bits per heavy atom. The molecule has 8 nitrogen and oxygen atoms in total. The van der Waals surface area contributed by atoms with Crippen LogP contribution in [-0.4, -0.2) is 39.7 Å². The number of H-pyrrole nitrogens is 2. The van der Waals surface area contributed by atoms with E-state index in [9.17, 15) is 0 Å². The van der Waals surface area contributed by atoms with Crippen LogP contribution in [0.25, 0.3) is 55.8 Å². The van der Waals surface area contributed by atoms with Gasteiger partial charge in [0.25, 0.3) is 0 Å². The molecule has 0 aliphatic rings. The molecule has 6 aromatic rings. The number of fused-ring (bicyclic) bond motifs is 2. The molecule has 0 bridgehead atoms. The molecule has 6 rings (SSSR count). The van der Waals surface area contributed by atoms with Gasteiger partial charge in [0, 0.05) is 59.3 Å². The fourth-order valence-electron chi connectivity index (χ4n) is 3.94. The number of nitrogens with one attached hydrogen (secondary N) is 2. The van der Waals surface area contributed by atoms with Gasteiger partial charge in [-0.1, -0.05) is 0 Å². The lowest BCUT2D eigenvalue weighted by Crippen LogP contribution is -1.94. The molecule has 0 atom stereocenters. The smallest absolute Gasteiger partial charge is 0.181 e. The van der Waals surface area contributed by atoms with Crippen LogP contribution in [0.5, 0.6) is 0 Å². The maximum atomic E-state index is 4.60. The molecular weight excluding hydrogens is 388 g/mol. The van der Waals surface area contributed by atoms with Crippen LogP contribution in [0.15, 0.2) is 61.3 Å². The molecule has 0 aliphatic heterocycles. The molecule has 2 N–H and O–H groups in total. The topological polar surface area (TPSA) is 101 Å². The van der Waals surface area contributed by atoms with Crippen molar-refractivity contribution in [1.29, 1.82) is 0 Å². The summed E-state index contributed by atoms with van der Waals surface area (Å²) in [5, 5.41) is 9.54. The van der Waals surface area contributed by atoms with E-state index in [4.69, 9.17) is 0 Å². The average molecular weight is 406 g/mol. The van der Waals surface area contributed by atoms with Crippen molar-refractivity contribution < 1.29 is 0 Å². The van der Waals surface area contributed by atoms with Gasteiger partial charge in [0.05, 0.1) is 29.0 Å². The lowest BCUT2D eigenvalue weighted by atomic mass is 10.1. The summed E-state index contributed by atoms with van der Waals surface area (Å²) in [5.41, 5.74) is 7.44. The highest BCUT2D eigenvalue weighted by Gasteiger charge is 2.16. The Hall–Kier alpha value is -4.33. The zero-order valence-corrected chi connectivity index (χ0v) is 17.0. The first-order valence-corrected chi connectivity index (χ1v) is 9.90. The summed E-state index contributed by atoms with van der Waals surface area (Å²) in [6.45, 7) is 1.98. The number of hydrogen-bond acceptors (Lipinski definition) is 5. The van der Waals surface area contributed by atoms with Crippen molar-refractivity contribution in [2.24, 2.45) is 7.05 Å². The van der Waals surface area contributed by atoms with Gasteiger partial charge < -0.3 is 9.55 Å². The van der Waals surface area contributed by atoms with Crippen molar-refractivity contribution in [3.05, 3.63) is 67.1 Å². The van der Waals surface area contributed by atoms with Crippen molar-refractivity contribution in [2.75, 3.05) is 0 Å². The van der Waals surface area contributed by atoms with E-state index in [0.29, 0.717) is 5.65 Å². The molecule has 0 saturated carbocycles. The SMILES string of the molecule is Cc1ncc(-c2cnc3n[nH]c(-c4cc5c(-c6ccncc6)nccc5[nH]4)c3c2)n1C. The minimum Gasteiger partial charge on any atom is -0.353 e. The van der Waals surface area contributed by atoms with Gasteiger partial charge in [0.1, 0.15) is 5.82 Å². The number of aromatic nitrogens is 8. The first-order chi connectivity index (χ1) is 15.2. The second-order valence-corrected chi connectivity index (χ2v) is 7.48. The van der Waals surface area contributed by atoms with Gasteiger partial charge in [-0.05, 0) is 37.3 Å². The second-order valence-electron chi connectivity index (χ2n) is 7.48. The quantitative estimate of drug-likeness (QED) is 0.457. The maximum absolute atomic E-state index is 4.60. The van der Waals surface area contributed by atoms with Gasteiger partial charge in [-0.2, -0.15) is 5.10 Å². The monoisotopic (exact) mass is 406 g/mol. The minimum absolute atomic E-state index is 0.670. The summed E-state index contributed by atoms with van der Waals surface area (Å²) >= 11 is 0. The van der Waals surface area contributed by atoms with E-state index in [-0.39, 0.29) is 0 Å². The highest BCUT2D eigenvalue weighted by molar-refractivity contribution is 5.99. The summed E-state index contributed by atoms with van der Waals surface area (Å²) in [5.74, 6) is 0.953. The van der Waals surface area contributed by atoms with Crippen LogP contribution >= 0.6 is 0 Å². The molecule has 0 aliphatic carbocycles. The minimum atomic E-state index is 0.670. The first kappa shape index (κ1) is 17.5. The number of imidazole rings is 1. The molecule has 150 valence electrons. The summed E-state index contributed by atoms with van der Waals surface area (Å²) in [4.78, 5) is 21.2. The Kier molecular flexibility index (Phi) is 3.73. The van der Waals surface area contributed by atoms with Crippen molar-refractivity contribution in [3.8, 4) is 33.9 Å². The first-order valence-electron chi connectivity index (χ1n) is 9.90. The van der Waals surface area contributed by atoms with E-state index >= 15 is 0 Å². The Morgan fingerprint density at radius 2 is 1.74 bits per heavy atom. The number of nitrogens with zero attached hydrogens (tertiary/aromatic N) is 6. The van der Waals surface area contributed by atoms with E-state index in [0.717, 1.165) is 56.0 Å². The molecule has 0 aromatic carbocycles. The third-order valence-electron chi connectivity index (χ3n) is 5.70. The predicted octanol–water partition coefficient (Wildman–Crippen LogP) is 4.27. The molecule has 0 fully saturated rings. The van der Waals surface area contributed by atoms with Crippen LogP contribution in [0.4, 0.5) is 0 Å². The Morgan fingerprint density at radius 1 is 0.871 bits per heavy atom. The standard InChI is InChI=1S/C23H18N8/c1-13-26-12-20(31(13)2)15-9-17-22(29-30-23(17)27-11-15)19-10-16-18(28-19)5-8-25-21(16)14-3-6-24-7-4-14/h3-12,28H,1-2H3,(H,27,29,30). The van der Waals surface area contributed by atoms with Crippen LogP contribution in [0.2, 0.25) is 0 Å². The molecular formula is C23H18N8. The average Bonchev–Trinajstić information content (AvgIpc) is 3.50. The van der Waals surface area contributed by atoms with Gasteiger partial charge >= 0.3 is 0 Å². The summed E-state index contributed by atoms with van der Waals surface area (Å²) in [6, 6.07) is 10.1. The summed E-state index contributed by atoms with van der Waals surface area (Å²) < 4.78 is 2.05. The number of aryl methyl sites for hydroxylation is 1. The van der Waals surface area contributed by atoms with Gasteiger partial charge in [-0.25, -0.2) is 9.97 Å². The van der Waals surface area contributed by atoms with Gasteiger partial charge in [0.15, 0.2) is 5.65 Å². The van der Waals surface area contributed by atoms with Gasteiger partial charge in [0.2, 0.25) is 0 Å². The highest BCUT2D eigenvalue weighted by atomic mass is 15.2. The molecule has 0 unspecified atom stereocenters. The van der Waals surface area contributed by atoms with Gasteiger partial charge in [-0.3, -0.25) is 15.1 Å². The molecule has 31 heavy (non-hydrogen) atoms. The molecule has 0 radical (unpaired) electrons. The Labute approximate surface area is 177 Å².